The van der Waals surface area contributed by atoms with Gasteiger partial charge in [-0.05, 0) is 40.2 Å². The Hall–Kier alpha value is -1.39. The molecule has 166 valence electrons. The summed E-state index contributed by atoms with van der Waals surface area (Å²) in [5.74, 6) is -3.27. The van der Waals surface area contributed by atoms with Gasteiger partial charge in [0.25, 0.3) is 5.91 Å². The molecule has 0 saturated carbocycles. The van der Waals surface area contributed by atoms with Gasteiger partial charge in [-0.3, -0.25) is 9.59 Å². The van der Waals surface area contributed by atoms with Crippen molar-refractivity contribution < 1.29 is 58.1 Å². The maximum Gasteiger partial charge on any atom is 1.00 e. The van der Waals surface area contributed by atoms with Crippen LogP contribution in [0.2, 0.25) is 5.02 Å². The molecule has 2 aromatic rings. The van der Waals surface area contributed by atoms with E-state index in [0.717, 1.165) is 0 Å². The zero-order valence-electron chi connectivity index (χ0n) is 17.7. The van der Waals surface area contributed by atoms with Crippen LogP contribution in [-0.4, -0.2) is 24.1 Å². The molecule has 1 N–H and O–H groups in total. The maximum atomic E-state index is 15.0. The first-order valence-electron chi connectivity index (χ1n) is 8.38. The first kappa shape index (κ1) is 28.6. The number of halogens is 4. The third-order valence-electron chi connectivity index (χ3n) is 3.65. The SMILES string of the molecule is CCC(=O)N(Cl)S(=O)(=O)NC(=O)Cc1ccc(Br)c(Oc2cc(Cl)cc(C#N)c2)c1F.[H-].[Na+]. The minimum Gasteiger partial charge on any atom is -1.00 e. The largest absolute Gasteiger partial charge is 1.00 e. The van der Waals surface area contributed by atoms with E-state index in [1.807, 2.05) is 6.07 Å². The van der Waals surface area contributed by atoms with E-state index in [1.165, 1.54) is 37.3 Å². The van der Waals surface area contributed by atoms with Crippen LogP contribution in [0.25, 0.3) is 0 Å². The summed E-state index contributed by atoms with van der Waals surface area (Å²) in [5, 5.41) is 9.21. The van der Waals surface area contributed by atoms with Gasteiger partial charge in [0.1, 0.15) is 5.75 Å². The Bertz CT molecular complexity index is 1200. The number of nitrogens with one attached hydrogen (secondary N) is 1. The minimum absolute atomic E-state index is 0. The molecule has 2 aromatic carbocycles. The van der Waals surface area contributed by atoms with Crippen LogP contribution < -0.4 is 39.0 Å². The van der Waals surface area contributed by atoms with Crippen molar-refractivity contribution in [3.63, 3.8) is 0 Å². The van der Waals surface area contributed by atoms with Crippen LogP contribution in [0.5, 0.6) is 11.5 Å². The number of hydrogen-bond donors (Lipinski definition) is 1. The van der Waals surface area contributed by atoms with E-state index in [4.69, 9.17) is 33.4 Å². The van der Waals surface area contributed by atoms with Crippen molar-refractivity contribution in [2.45, 2.75) is 19.8 Å². The molecule has 0 atom stereocenters. The normalized spacial score (nSPS) is 10.5. The number of nitriles is 1. The topological polar surface area (TPSA) is 117 Å². The monoisotopic (exact) mass is 575 g/mol. The number of ether oxygens (including phenoxy) is 1. The van der Waals surface area contributed by atoms with Crippen LogP contribution in [0.15, 0.2) is 34.8 Å². The Morgan fingerprint density at radius 3 is 2.59 bits per heavy atom. The smallest absolute Gasteiger partial charge is 1.00 e. The fraction of sp³-hybridized carbons (Fsp3) is 0.167. The summed E-state index contributed by atoms with van der Waals surface area (Å²) in [6.07, 6.45) is -0.906. The van der Waals surface area contributed by atoms with E-state index in [0.29, 0.717) is 0 Å². The van der Waals surface area contributed by atoms with Crippen molar-refractivity contribution >= 4 is 61.3 Å². The molecule has 0 bridgehead atoms. The molecular weight excluding hydrogens is 563 g/mol. The van der Waals surface area contributed by atoms with Crippen molar-refractivity contribution in [3.8, 4) is 17.6 Å². The van der Waals surface area contributed by atoms with E-state index in [2.05, 4.69) is 15.9 Å². The van der Waals surface area contributed by atoms with Crippen LogP contribution in [0.3, 0.4) is 0 Å². The number of rotatable bonds is 7. The predicted molar refractivity (Wildman–Crippen MR) is 115 cm³/mol. The van der Waals surface area contributed by atoms with Gasteiger partial charge in [-0.25, -0.2) is 9.11 Å². The predicted octanol–water partition coefficient (Wildman–Crippen LogP) is 1.32. The van der Waals surface area contributed by atoms with Gasteiger partial charge in [0.2, 0.25) is 5.91 Å². The van der Waals surface area contributed by atoms with Gasteiger partial charge in [0.15, 0.2) is 11.6 Å². The van der Waals surface area contributed by atoms with Gasteiger partial charge in [0, 0.05) is 28.8 Å². The molecule has 0 aliphatic rings. The average molecular weight is 577 g/mol. The van der Waals surface area contributed by atoms with Gasteiger partial charge >= 0.3 is 39.8 Å². The van der Waals surface area contributed by atoms with Crippen molar-refractivity contribution in [1.82, 2.24) is 8.55 Å². The molecule has 8 nitrogen and oxygen atoms in total. The average Bonchev–Trinajstić information content (AvgIpc) is 2.71. The van der Waals surface area contributed by atoms with Gasteiger partial charge in [0.05, 0.1) is 22.5 Å². The zero-order valence-corrected chi connectivity index (χ0v) is 22.6. The van der Waals surface area contributed by atoms with Gasteiger partial charge in [-0.2, -0.15) is 13.7 Å². The van der Waals surface area contributed by atoms with E-state index < -0.39 is 34.3 Å². The number of nitrogens with zero attached hydrogens (tertiary/aromatic N) is 2. The van der Waals surface area contributed by atoms with Gasteiger partial charge < -0.3 is 6.16 Å². The molecule has 0 aliphatic carbocycles. The van der Waals surface area contributed by atoms with E-state index in [1.54, 1.807) is 4.72 Å². The third kappa shape index (κ3) is 7.31. The van der Waals surface area contributed by atoms with Crippen LogP contribution in [-0.2, 0) is 26.2 Å². The standard InChI is InChI=1S/C18H13BrCl2FN3O5S.Na.H/c1-2-16(27)25(21)31(28,29)24-15(26)7-11-3-4-14(19)18(17(11)22)30-13-6-10(9-23)5-12(20)8-13;;/h3-6,8H,2,7H2,1H3,(H,24,26);;/q;+1;-1. The van der Waals surface area contributed by atoms with Crippen LogP contribution in [0, 0.1) is 17.1 Å². The summed E-state index contributed by atoms with van der Waals surface area (Å²) in [4.78, 5) is 23.5. The molecule has 0 radical (unpaired) electrons. The Labute approximate surface area is 225 Å². The summed E-state index contributed by atoms with van der Waals surface area (Å²) in [6.45, 7) is 1.38. The fourth-order valence-corrected chi connectivity index (χ4v) is 3.93. The second kappa shape index (κ2) is 12.2. The van der Waals surface area contributed by atoms with Gasteiger partial charge in [-0.1, -0.05) is 24.6 Å². The summed E-state index contributed by atoms with van der Waals surface area (Å²) in [5.41, 5.74) is -0.0107. The first-order chi connectivity index (χ1) is 14.5. The molecule has 0 spiro atoms. The molecule has 32 heavy (non-hydrogen) atoms. The summed E-state index contributed by atoms with van der Waals surface area (Å²) >= 11 is 14.5. The molecule has 14 heteroatoms. The van der Waals surface area contributed by atoms with Crippen molar-refractivity contribution in [1.29, 1.82) is 5.26 Å². The maximum absolute atomic E-state index is 15.0. The van der Waals surface area contributed by atoms with E-state index in [9.17, 15) is 22.4 Å². The van der Waals surface area contributed by atoms with Crippen LogP contribution in [0.1, 0.15) is 25.9 Å². The molecular formula is C18H14BrCl2FN3NaO5S. The number of carbonyl (C=O) groups is 2. The van der Waals surface area contributed by atoms with E-state index >= 15 is 0 Å². The Kier molecular flexibility index (Phi) is 10.9. The molecule has 0 heterocycles. The second-order valence-corrected chi connectivity index (χ2v) is 9.26. The van der Waals surface area contributed by atoms with Crippen molar-refractivity contribution in [2.75, 3.05) is 0 Å². The summed E-state index contributed by atoms with van der Waals surface area (Å²) in [6, 6.07) is 8.61. The molecule has 2 rings (SSSR count). The van der Waals surface area contributed by atoms with Gasteiger partial charge in [-0.15, -0.1) is 3.82 Å². The molecule has 0 aromatic heterocycles. The number of benzene rings is 2. The Balaban J connectivity index is 0.00000512. The summed E-state index contributed by atoms with van der Waals surface area (Å²) < 4.78 is 46.0. The van der Waals surface area contributed by atoms with Crippen LogP contribution >= 0.6 is 39.3 Å². The first-order valence-corrected chi connectivity index (χ1v) is 11.3. The summed E-state index contributed by atoms with van der Waals surface area (Å²) in [7, 11) is -4.64. The van der Waals surface area contributed by atoms with Crippen molar-refractivity contribution in [2.24, 2.45) is 0 Å². The molecule has 0 fully saturated rings. The van der Waals surface area contributed by atoms with Crippen molar-refractivity contribution in [3.05, 3.63) is 56.8 Å². The number of amides is 2. The van der Waals surface area contributed by atoms with Crippen LogP contribution in [0.4, 0.5) is 4.39 Å². The second-order valence-electron chi connectivity index (χ2n) is 5.91. The number of carbonyl (C=O) groups excluding carboxylic acids is 2. The molecule has 0 unspecified atom stereocenters. The molecule has 0 aliphatic heterocycles. The third-order valence-corrected chi connectivity index (χ3v) is 6.34. The fourth-order valence-electron chi connectivity index (χ4n) is 2.26. The molecule has 2 amide bonds. The molecule has 0 saturated heterocycles. The zero-order chi connectivity index (χ0) is 23.3. The Morgan fingerprint density at radius 2 is 2.00 bits per heavy atom. The number of hydrogen-bond acceptors (Lipinski definition) is 6. The minimum atomic E-state index is -4.64. The van der Waals surface area contributed by atoms with E-state index in [-0.39, 0.29) is 73.4 Å². The quantitative estimate of drug-likeness (QED) is 0.392. The Morgan fingerprint density at radius 1 is 1.34 bits per heavy atom.